The van der Waals surface area contributed by atoms with Gasteiger partial charge in [0.25, 0.3) is 10.1 Å². The quantitative estimate of drug-likeness (QED) is 0.787. The maximum atomic E-state index is 12.0. The Morgan fingerprint density at radius 3 is 2.12 bits per heavy atom. The van der Waals surface area contributed by atoms with Gasteiger partial charge in [0.15, 0.2) is 0 Å². The van der Waals surface area contributed by atoms with Crippen LogP contribution in [0.25, 0.3) is 0 Å². The summed E-state index contributed by atoms with van der Waals surface area (Å²) < 4.78 is 31.6. The van der Waals surface area contributed by atoms with E-state index in [-0.39, 0.29) is 16.6 Å². The summed E-state index contributed by atoms with van der Waals surface area (Å²) in [5.74, 6) is -0.179. The lowest BCUT2D eigenvalue weighted by Gasteiger charge is -2.40. The van der Waals surface area contributed by atoms with Crippen LogP contribution in [0.15, 0.2) is 0 Å². The summed E-state index contributed by atoms with van der Waals surface area (Å²) in [4.78, 5) is 12.0. The van der Waals surface area contributed by atoms with Crippen molar-refractivity contribution in [3.63, 3.8) is 0 Å². The van der Waals surface area contributed by atoms with Crippen LogP contribution in [0, 0.1) is 22.2 Å². The van der Waals surface area contributed by atoms with Gasteiger partial charge in [-0.05, 0) is 36.5 Å². The molecule has 98 valence electrons. The molecule has 2 fully saturated rings. The first-order valence-corrected chi connectivity index (χ1v) is 7.60. The van der Waals surface area contributed by atoms with Gasteiger partial charge >= 0.3 is 0 Å². The van der Waals surface area contributed by atoms with E-state index in [9.17, 15) is 13.2 Å². The minimum atomic E-state index is -4.13. The molecule has 0 saturated heterocycles. The summed E-state index contributed by atoms with van der Waals surface area (Å²) in [6, 6.07) is 0. The topological polar surface area (TPSA) is 71.4 Å². The number of hydrogen-bond donors (Lipinski definition) is 1. The van der Waals surface area contributed by atoms with Crippen molar-refractivity contribution in [2.24, 2.45) is 22.2 Å². The standard InChI is InChI=1S/C12H20O4S/c1-8-5-6-11(8)10(3,4)12(11,9(2)13)7-17(14,15)16/h8H,5-7H2,1-4H3,(H,14,15,16). The Hall–Kier alpha value is -0.420. The highest BCUT2D eigenvalue weighted by atomic mass is 32.2. The predicted molar refractivity (Wildman–Crippen MR) is 64.1 cm³/mol. The summed E-state index contributed by atoms with van der Waals surface area (Å²) in [5.41, 5.74) is -1.44. The minimum absolute atomic E-state index is 0.105. The van der Waals surface area contributed by atoms with E-state index in [1.807, 2.05) is 13.8 Å². The molecule has 3 unspecified atom stereocenters. The zero-order valence-corrected chi connectivity index (χ0v) is 11.6. The number of rotatable bonds is 3. The Labute approximate surface area is 103 Å². The predicted octanol–water partition coefficient (Wildman–Crippen LogP) is 1.91. The summed E-state index contributed by atoms with van der Waals surface area (Å²) in [5, 5.41) is 0. The molecule has 4 nitrogen and oxygen atoms in total. The fourth-order valence-corrected chi connectivity index (χ4v) is 6.19. The highest BCUT2D eigenvalue weighted by molar-refractivity contribution is 7.85. The molecule has 1 N–H and O–H groups in total. The molecule has 17 heavy (non-hydrogen) atoms. The van der Waals surface area contributed by atoms with Gasteiger partial charge in [-0.25, -0.2) is 0 Å². The van der Waals surface area contributed by atoms with Crippen molar-refractivity contribution in [2.75, 3.05) is 5.75 Å². The van der Waals surface area contributed by atoms with Gasteiger partial charge in [-0.3, -0.25) is 9.35 Å². The summed E-state index contributed by atoms with van der Waals surface area (Å²) in [7, 11) is -4.13. The first-order chi connectivity index (χ1) is 7.53. The van der Waals surface area contributed by atoms with Crippen LogP contribution in [0.4, 0.5) is 0 Å². The second-order valence-corrected chi connectivity index (χ2v) is 7.68. The minimum Gasteiger partial charge on any atom is -0.299 e. The Bertz CT molecular complexity index is 479. The van der Waals surface area contributed by atoms with Gasteiger partial charge < -0.3 is 0 Å². The molecule has 1 spiro atoms. The Kier molecular flexibility index (Phi) is 2.39. The van der Waals surface area contributed by atoms with Gasteiger partial charge in [-0.2, -0.15) is 8.42 Å². The van der Waals surface area contributed by atoms with Gasteiger partial charge in [0, 0.05) is 0 Å². The second-order valence-electron chi connectivity index (χ2n) is 6.22. The smallest absolute Gasteiger partial charge is 0.265 e. The molecule has 2 aliphatic carbocycles. The fraction of sp³-hybridized carbons (Fsp3) is 0.917. The molecule has 2 rings (SSSR count). The number of ketones is 1. The molecule has 0 aromatic rings. The van der Waals surface area contributed by atoms with Crippen molar-refractivity contribution in [2.45, 2.75) is 40.5 Å². The third-order valence-electron chi connectivity index (χ3n) is 5.69. The Morgan fingerprint density at radius 2 is 1.94 bits per heavy atom. The molecule has 2 aliphatic rings. The molecular formula is C12H20O4S. The van der Waals surface area contributed by atoms with Crippen LogP contribution in [0.2, 0.25) is 0 Å². The number of carbonyl (C=O) groups excluding carboxylic acids is 1. The van der Waals surface area contributed by atoms with E-state index in [4.69, 9.17) is 4.55 Å². The summed E-state index contributed by atoms with van der Waals surface area (Å²) in [6.07, 6.45) is 1.92. The molecule has 0 aromatic carbocycles. The maximum absolute atomic E-state index is 12.0. The highest BCUT2D eigenvalue weighted by Gasteiger charge is 2.88. The van der Waals surface area contributed by atoms with Crippen molar-refractivity contribution in [3.8, 4) is 0 Å². The highest BCUT2D eigenvalue weighted by Crippen LogP contribution is 2.87. The van der Waals surface area contributed by atoms with E-state index in [0.29, 0.717) is 5.92 Å². The number of Topliss-reactive ketones (excluding diaryl/α,β-unsaturated/α-hetero) is 1. The van der Waals surface area contributed by atoms with Gasteiger partial charge in [-0.15, -0.1) is 0 Å². The number of hydrogen-bond acceptors (Lipinski definition) is 3. The van der Waals surface area contributed by atoms with Crippen LogP contribution in [0.3, 0.4) is 0 Å². The van der Waals surface area contributed by atoms with Crippen LogP contribution < -0.4 is 0 Å². The van der Waals surface area contributed by atoms with E-state index in [1.54, 1.807) is 0 Å². The zero-order chi connectivity index (χ0) is 13.3. The van der Waals surface area contributed by atoms with Gasteiger partial charge in [0.1, 0.15) is 5.78 Å². The van der Waals surface area contributed by atoms with Crippen LogP contribution >= 0.6 is 0 Å². The first-order valence-electron chi connectivity index (χ1n) is 5.99. The number of carbonyl (C=O) groups is 1. The van der Waals surface area contributed by atoms with E-state index in [1.165, 1.54) is 6.92 Å². The molecule has 0 bridgehead atoms. The third kappa shape index (κ3) is 1.22. The molecule has 0 aromatic heterocycles. The largest absolute Gasteiger partial charge is 0.299 e. The van der Waals surface area contributed by atoms with E-state index < -0.39 is 21.3 Å². The van der Waals surface area contributed by atoms with Crippen molar-refractivity contribution in [1.82, 2.24) is 0 Å². The van der Waals surface area contributed by atoms with Gasteiger partial charge in [-0.1, -0.05) is 20.8 Å². The van der Waals surface area contributed by atoms with Crippen LogP contribution in [-0.2, 0) is 14.9 Å². The Morgan fingerprint density at radius 1 is 1.41 bits per heavy atom. The summed E-state index contributed by atoms with van der Waals surface area (Å²) in [6.45, 7) is 7.43. The lowest BCUT2D eigenvalue weighted by atomic mass is 9.65. The van der Waals surface area contributed by atoms with Crippen molar-refractivity contribution < 1.29 is 17.8 Å². The van der Waals surface area contributed by atoms with Crippen LogP contribution in [-0.4, -0.2) is 24.5 Å². The molecule has 5 heteroatoms. The molecule has 2 saturated carbocycles. The average Bonchev–Trinajstić information content (AvgIpc) is 2.56. The Balaban J connectivity index is 2.49. The molecule has 3 atom stereocenters. The van der Waals surface area contributed by atoms with Crippen molar-refractivity contribution >= 4 is 15.9 Å². The molecule has 0 heterocycles. The second kappa shape index (κ2) is 3.12. The van der Waals surface area contributed by atoms with Crippen molar-refractivity contribution in [3.05, 3.63) is 0 Å². The lowest BCUT2D eigenvalue weighted by Crippen LogP contribution is -2.38. The normalized spacial score (nSPS) is 43.2. The fourth-order valence-electron chi connectivity index (χ4n) is 4.82. The molecule has 0 amide bonds. The third-order valence-corrected chi connectivity index (χ3v) is 6.49. The molecule has 0 aliphatic heterocycles. The van der Waals surface area contributed by atoms with E-state index in [2.05, 4.69) is 6.92 Å². The van der Waals surface area contributed by atoms with Crippen LogP contribution in [0.1, 0.15) is 40.5 Å². The lowest BCUT2D eigenvalue weighted by molar-refractivity contribution is -0.124. The monoisotopic (exact) mass is 260 g/mol. The van der Waals surface area contributed by atoms with E-state index >= 15 is 0 Å². The zero-order valence-electron chi connectivity index (χ0n) is 10.8. The van der Waals surface area contributed by atoms with Gasteiger partial charge in [0.2, 0.25) is 0 Å². The first kappa shape index (κ1) is 13.0. The maximum Gasteiger partial charge on any atom is 0.265 e. The van der Waals surface area contributed by atoms with Gasteiger partial charge in [0.05, 0.1) is 11.2 Å². The van der Waals surface area contributed by atoms with Crippen molar-refractivity contribution in [1.29, 1.82) is 0 Å². The van der Waals surface area contributed by atoms with Crippen LogP contribution in [0.5, 0.6) is 0 Å². The van der Waals surface area contributed by atoms with E-state index in [0.717, 1.165) is 12.8 Å². The molecular weight excluding hydrogens is 240 g/mol. The summed E-state index contributed by atoms with van der Waals surface area (Å²) >= 11 is 0. The molecule has 0 radical (unpaired) electrons. The SMILES string of the molecule is CC(=O)C1(CS(=O)(=O)O)C(C)(C)C12CCC2C. The average molecular weight is 260 g/mol.